The van der Waals surface area contributed by atoms with Gasteiger partial charge in [0.25, 0.3) is 0 Å². The van der Waals surface area contributed by atoms with Crippen LogP contribution in [0.5, 0.6) is 11.5 Å². The second kappa shape index (κ2) is 12.9. The van der Waals surface area contributed by atoms with Crippen LogP contribution in [-0.4, -0.2) is 50.4 Å². The third-order valence-corrected chi connectivity index (χ3v) is 7.55. The largest absolute Gasteiger partial charge is 0.497 e. The topological polar surface area (TPSA) is 108 Å². The maximum Gasteiger partial charge on any atom is 0.316 e. The van der Waals surface area contributed by atoms with Gasteiger partial charge in [0.1, 0.15) is 18.1 Å². The highest BCUT2D eigenvalue weighted by molar-refractivity contribution is 5.83. The number of hydrogen-bond acceptors (Lipinski definition) is 8. The molecule has 0 heterocycles. The van der Waals surface area contributed by atoms with Gasteiger partial charge < -0.3 is 24.1 Å². The van der Waals surface area contributed by atoms with Crippen molar-refractivity contribution in [3.05, 3.63) is 23.3 Å². The van der Waals surface area contributed by atoms with Gasteiger partial charge in [-0.2, -0.15) is 0 Å². The van der Waals surface area contributed by atoms with E-state index in [-0.39, 0.29) is 36.9 Å². The molecule has 0 amide bonds. The molecule has 0 saturated carbocycles. The zero-order valence-corrected chi connectivity index (χ0v) is 27.0. The van der Waals surface area contributed by atoms with Crippen LogP contribution >= 0.6 is 0 Å². The van der Waals surface area contributed by atoms with Gasteiger partial charge in [-0.15, -0.1) is 0 Å². The summed E-state index contributed by atoms with van der Waals surface area (Å²) in [5, 5.41) is 9.26. The number of rotatable bonds is 12. The van der Waals surface area contributed by atoms with Crippen LogP contribution in [0.25, 0.3) is 0 Å². The van der Waals surface area contributed by atoms with Crippen molar-refractivity contribution in [2.24, 2.45) is 16.2 Å². The summed E-state index contributed by atoms with van der Waals surface area (Å²) in [6, 6.07) is 3.79. The van der Waals surface area contributed by atoms with Crippen molar-refractivity contribution in [2.75, 3.05) is 27.4 Å². The minimum atomic E-state index is -1.25. The van der Waals surface area contributed by atoms with Crippen molar-refractivity contribution < 1.29 is 38.4 Å². The highest BCUT2D eigenvalue weighted by atomic mass is 16.5. The van der Waals surface area contributed by atoms with Gasteiger partial charge in [0.2, 0.25) is 0 Å². The Bertz CT molecular complexity index is 1020. The molecule has 8 heteroatoms. The monoisotopic (exact) mass is 564 g/mol. The molecule has 40 heavy (non-hydrogen) atoms. The summed E-state index contributed by atoms with van der Waals surface area (Å²) in [6.45, 7) is 20.5. The first-order valence-corrected chi connectivity index (χ1v) is 13.9. The van der Waals surface area contributed by atoms with Crippen LogP contribution < -0.4 is 9.47 Å². The average molecular weight is 565 g/mol. The Balaban J connectivity index is 3.64. The van der Waals surface area contributed by atoms with Crippen LogP contribution in [0.1, 0.15) is 107 Å². The average Bonchev–Trinajstić information content (AvgIpc) is 2.84. The first kappa shape index (κ1) is 35.4. The molecule has 1 aromatic carbocycles. The standard InChI is InChI=1S/C32H52O8/c1-14-31(10,26(35)38-13)20-32(11,27(36)39-16-15-33)19-30(8,9)25(34)40-24-22(28(2,3)4)17-21(37-12)18-23(24)29(5,6)7/h17-18,33H,14-16,19-20H2,1-13H3. The molecule has 1 N–H and O–H groups in total. The van der Waals surface area contributed by atoms with Gasteiger partial charge in [-0.05, 0) is 69.9 Å². The van der Waals surface area contributed by atoms with Crippen molar-refractivity contribution in [3.8, 4) is 11.5 Å². The molecular weight excluding hydrogens is 512 g/mol. The van der Waals surface area contributed by atoms with Crippen LogP contribution in [0.2, 0.25) is 0 Å². The summed E-state index contributed by atoms with van der Waals surface area (Å²) >= 11 is 0. The van der Waals surface area contributed by atoms with Gasteiger partial charge in [0, 0.05) is 11.1 Å². The van der Waals surface area contributed by atoms with Gasteiger partial charge in [-0.25, -0.2) is 0 Å². The normalized spacial score (nSPS) is 15.4. The van der Waals surface area contributed by atoms with Crippen LogP contribution in [0.15, 0.2) is 12.1 Å². The van der Waals surface area contributed by atoms with Crippen molar-refractivity contribution in [3.63, 3.8) is 0 Å². The maximum absolute atomic E-state index is 13.9. The molecule has 1 rings (SSSR count). The summed E-state index contributed by atoms with van der Waals surface area (Å²) in [6.07, 6.45) is 0.553. The molecule has 0 aromatic heterocycles. The summed E-state index contributed by atoms with van der Waals surface area (Å²) in [4.78, 5) is 40.0. The summed E-state index contributed by atoms with van der Waals surface area (Å²) in [5.41, 5.74) is -2.46. The van der Waals surface area contributed by atoms with Crippen LogP contribution in [0.3, 0.4) is 0 Å². The molecule has 0 aliphatic heterocycles. The number of benzene rings is 1. The summed E-state index contributed by atoms with van der Waals surface area (Å²) in [5.74, 6) is -0.391. The van der Waals surface area contributed by atoms with E-state index in [1.165, 1.54) is 7.11 Å². The van der Waals surface area contributed by atoms with E-state index in [1.54, 1.807) is 34.8 Å². The van der Waals surface area contributed by atoms with Crippen LogP contribution in [0.4, 0.5) is 0 Å². The van der Waals surface area contributed by atoms with Crippen molar-refractivity contribution >= 4 is 17.9 Å². The molecule has 0 aliphatic carbocycles. The SMILES string of the molecule is CCC(C)(CC(C)(CC(C)(C)C(=O)Oc1c(C(C)(C)C)cc(OC)cc1C(C)(C)C)C(=O)OCCO)C(=O)OC. The molecule has 0 spiro atoms. The Hall–Kier alpha value is -2.61. The zero-order chi connectivity index (χ0) is 31.3. The van der Waals surface area contributed by atoms with Crippen LogP contribution in [-0.2, 0) is 34.7 Å². The quantitative estimate of drug-likeness (QED) is 0.238. The fourth-order valence-corrected chi connectivity index (χ4v) is 5.19. The minimum absolute atomic E-state index is 0.0432. The second-order valence-corrected chi connectivity index (χ2v) is 14.0. The fraction of sp³-hybridized carbons (Fsp3) is 0.719. The molecule has 0 saturated heterocycles. The number of aliphatic hydroxyl groups excluding tert-OH is 1. The van der Waals surface area contributed by atoms with Crippen LogP contribution in [0, 0.1) is 16.2 Å². The number of esters is 3. The van der Waals surface area contributed by atoms with Gasteiger partial charge in [-0.1, -0.05) is 48.5 Å². The van der Waals surface area contributed by atoms with E-state index in [1.807, 2.05) is 60.6 Å². The smallest absolute Gasteiger partial charge is 0.316 e. The lowest BCUT2D eigenvalue weighted by atomic mass is 9.65. The highest BCUT2D eigenvalue weighted by Crippen LogP contribution is 2.47. The number of methoxy groups -OCH3 is 2. The molecule has 0 aliphatic rings. The molecule has 0 radical (unpaired) electrons. The highest BCUT2D eigenvalue weighted by Gasteiger charge is 2.50. The number of aliphatic hydroxyl groups is 1. The van der Waals surface area contributed by atoms with Gasteiger partial charge in [0.15, 0.2) is 0 Å². The Morgan fingerprint density at radius 2 is 1.25 bits per heavy atom. The van der Waals surface area contributed by atoms with Gasteiger partial charge in [0.05, 0.1) is 37.1 Å². The predicted molar refractivity (Wildman–Crippen MR) is 156 cm³/mol. The Morgan fingerprint density at radius 1 is 0.750 bits per heavy atom. The Morgan fingerprint density at radius 3 is 1.62 bits per heavy atom. The molecule has 2 atom stereocenters. The Labute approximate surface area is 241 Å². The van der Waals surface area contributed by atoms with Gasteiger partial charge in [-0.3, -0.25) is 14.4 Å². The molecule has 1 aromatic rings. The van der Waals surface area contributed by atoms with E-state index in [0.29, 0.717) is 17.9 Å². The lowest BCUT2D eigenvalue weighted by molar-refractivity contribution is -0.166. The molecule has 0 fully saturated rings. The summed E-state index contributed by atoms with van der Waals surface area (Å²) in [7, 11) is 2.92. The third-order valence-electron chi connectivity index (χ3n) is 7.55. The zero-order valence-electron chi connectivity index (χ0n) is 27.0. The third kappa shape index (κ3) is 8.45. The minimum Gasteiger partial charge on any atom is -0.497 e. The van der Waals surface area contributed by atoms with Crippen molar-refractivity contribution in [2.45, 2.75) is 106 Å². The maximum atomic E-state index is 13.9. The number of carbonyl (C=O) groups is 3. The van der Waals surface area contributed by atoms with Crippen molar-refractivity contribution in [1.29, 1.82) is 0 Å². The second-order valence-electron chi connectivity index (χ2n) is 14.0. The van der Waals surface area contributed by atoms with E-state index in [4.69, 9.17) is 18.9 Å². The van der Waals surface area contributed by atoms with Gasteiger partial charge >= 0.3 is 17.9 Å². The molecule has 228 valence electrons. The Kier molecular flexibility index (Phi) is 11.4. The molecular formula is C32H52O8. The van der Waals surface area contributed by atoms with E-state index in [2.05, 4.69) is 0 Å². The number of ether oxygens (including phenoxy) is 4. The number of hydrogen-bond donors (Lipinski definition) is 1. The van der Waals surface area contributed by atoms with E-state index >= 15 is 0 Å². The first-order valence-electron chi connectivity index (χ1n) is 13.9. The predicted octanol–water partition coefficient (Wildman–Crippen LogP) is 6.13. The lowest BCUT2D eigenvalue weighted by Gasteiger charge is -2.39. The lowest BCUT2D eigenvalue weighted by Crippen LogP contribution is -2.45. The van der Waals surface area contributed by atoms with E-state index < -0.39 is 34.2 Å². The molecule has 2 unspecified atom stereocenters. The fourth-order valence-electron chi connectivity index (χ4n) is 5.19. The van der Waals surface area contributed by atoms with E-state index in [0.717, 1.165) is 11.1 Å². The summed E-state index contributed by atoms with van der Waals surface area (Å²) < 4.78 is 22.2. The number of carbonyl (C=O) groups excluding carboxylic acids is 3. The van der Waals surface area contributed by atoms with E-state index in [9.17, 15) is 19.5 Å². The molecule has 0 bridgehead atoms. The van der Waals surface area contributed by atoms with Crippen molar-refractivity contribution in [1.82, 2.24) is 0 Å². The first-order chi connectivity index (χ1) is 18.1. The molecule has 8 nitrogen and oxygen atoms in total.